The Morgan fingerprint density at radius 2 is 2.16 bits per heavy atom. The average Bonchev–Trinajstić information content (AvgIpc) is 2.38. The van der Waals surface area contributed by atoms with E-state index in [-0.39, 0.29) is 12.5 Å². The lowest BCUT2D eigenvalue weighted by molar-refractivity contribution is -0.385. The summed E-state index contributed by atoms with van der Waals surface area (Å²) in [6.45, 7) is 0.419. The Morgan fingerprint density at radius 1 is 1.42 bits per heavy atom. The summed E-state index contributed by atoms with van der Waals surface area (Å²) < 4.78 is 5.20. The highest BCUT2D eigenvalue weighted by Crippen LogP contribution is 2.21. The summed E-state index contributed by atoms with van der Waals surface area (Å²) in [6, 6.07) is 1.03. The summed E-state index contributed by atoms with van der Waals surface area (Å²) in [4.78, 5) is 24.4. The number of hydrogen-bond donors (Lipinski definition) is 2. The first-order valence-electron chi connectivity index (χ1n) is 5.67. The van der Waals surface area contributed by atoms with Gasteiger partial charge in [0.1, 0.15) is 11.8 Å². The molecule has 0 saturated carbocycles. The van der Waals surface area contributed by atoms with Gasteiger partial charge < -0.3 is 14.9 Å². The molecule has 1 aromatic heterocycles. The summed E-state index contributed by atoms with van der Waals surface area (Å²) in [5, 5.41) is 28.1. The summed E-state index contributed by atoms with van der Waals surface area (Å²) in [7, 11) is 0. The molecular formula is C11H14N2O6. The van der Waals surface area contributed by atoms with E-state index in [9.17, 15) is 14.9 Å². The van der Waals surface area contributed by atoms with Crippen LogP contribution in [0.25, 0.3) is 0 Å². The van der Waals surface area contributed by atoms with E-state index in [0.717, 1.165) is 18.7 Å². The molecule has 8 nitrogen and oxygen atoms in total. The van der Waals surface area contributed by atoms with Crippen LogP contribution >= 0.6 is 0 Å². The lowest BCUT2D eigenvalue weighted by atomic mass is 10.2. The fourth-order valence-corrected chi connectivity index (χ4v) is 1.39. The van der Waals surface area contributed by atoms with Crippen molar-refractivity contribution in [2.45, 2.75) is 19.3 Å². The van der Waals surface area contributed by atoms with Crippen LogP contribution in [0, 0.1) is 10.1 Å². The number of carboxylic acids is 1. The van der Waals surface area contributed by atoms with Gasteiger partial charge in [-0.1, -0.05) is 0 Å². The number of ether oxygens (including phenoxy) is 1. The van der Waals surface area contributed by atoms with Gasteiger partial charge in [0.15, 0.2) is 0 Å². The van der Waals surface area contributed by atoms with E-state index in [0.29, 0.717) is 19.4 Å². The third kappa shape index (κ3) is 4.51. The molecule has 1 heterocycles. The molecule has 104 valence electrons. The monoisotopic (exact) mass is 270 g/mol. The Bertz CT molecular complexity index is 462. The van der Waals surface area contributed by atoms with Crippen molar-refractivity contribution in [2.75, 3.05) is 13.2 Å². The first-order valence-corrected chi connectivity index (χ1v) is 5.67. The molecule has 0 aliphatic carbocycles. The van der Waals surface area contributed by atoms with Gasteiger partial charge in [-0.2, -0.15) is 0 Å². The van der Waals surface area contributed by atoms with Crippen molar-refractivity contribution in [1.82, 2.24) is 4.98 Å². The number of nitro groups is 1. The topological polar surface area (TPSA) is 123 Å². The minimum absolute atomic E-state index is 0.0343. The van der Waals surface area contributed by atoms with E-state index < -0.39 is 22.1 Å². The number of aromatic nitrogens is 1. The fourth-order valence-electron chi connectivity index (χ4n) is 1.39. The number of unbranched alkanes of at least 4 members (excludes halogenated alkanes) is 2. The molecule has 0 atom stereocenters. The molecule has 19 heavy (non-hydrogen) atoms. The first kappa shape index (κ1) is 14.8. The molecule has 1 aromatic rings. The molecule has 0 aliphatic heterocycles. The Hall–Kier alpha value is -2.22. The first-order chi connectivity index (χ1) is 9.06. The molecule has 0 spiro atoms. The number of carbonyl (C=O) groups is 1. The third-order valence-electron chi connectivity index (χ3n) is 2.34. The second-order valence-corrected chi connectivity index (χ2v) is 3.73. The van der Waals surface area contributed by atoms with Gasteiger partial charge in [0, 0.05) is 12.7 Å². The number of aliphatic hydroxyl groups excluding tert-OH is 1. The third-order valence-corrected chi connectivity index (χ3v) is 2.34. The van der Waals surface area contributed by atoms with E-state index in [1.165, 1.54) is 0 Å². The van der Waals surface area contributed by atoms with Crippen LogP contribution in [0.2, 0.25) is 0 Å². The maximum absolute atomic E-state index is 10.9. The number of aromatic carboxylic acids is 1. The smallest absolute Gasteiger partial charge is 0.342 e. The number of rotatable bonds is 8. The average molecular weight is 270 g/mol. The summed E-state index contributed by atoms with van der Waals surface area (Å²) in [5.74, 6) is -1.37. The van der Waals surface area contributed by atoms with E-state index in [4.69, 9.17) is 14.9 Å². The SMILES string of the molecule is O=C(O)c1cc(OCCCCCO)ncc1[N+](=O)[O-]. The van der Waals surface area contributed by atoms with E-state index in [1.807, 2.05) is 0 Å². The van der Waals surface area contributed by atoms with Crippen molar-refractivity contribution >= 4 is 11.7 Å². The van der Waals surface area contributed by atoms with Crippen molar-refractivity contribution in [3.05, 3.63) is 27.9 Å². The van der Waals surface area contributed by atoms with Crippen LogP contribution in [0.5, 0.6) is 5.88 Å². The number of aliphatic hydroxyl groups is 1. The van der Waals surface area contributed by atoms with Gasteiger partial charge in [-0.15, -0.1) is 0 Å². The van der Waals surface area contributed by atoms with E-state index >= 15 is 0 Å². The Balaban J connectivity index is 2.68. The predicted molar refractivity (Wildman–Crippen MR) is 64.3 cm³/mol. The Kier molecular flexibility index (Phi) is 5.68. The van der Waals surface area contributed by atoms with Crippen molar-refractivity contribution in [3.63, 3.8) is 0 Å². The standard InChI is InChI=1S/C11H14N2O6/c14-4-2-1-3-5-19-10-6-8(11(15)16)9(7-12-10)13(17)18/h6-7,14H,1-5H2,(H,15,16). The van der Waals surface area contributed by atoms with Crippen molar-refractivity contribution in [1.29, 1.82) is 0 Å². The summed E-state index contributed by atoms with van der Waals surface area (Å²) in [6.07, 6.45) is 2.99. The van der Waals surface area contributed by atoms with Crippen LogP contribution in [0.4, 0.5) is 5.69 Å². The van der Waals surface area contributed by atoms with Crippen LogP contribution in [0.15, 0.2) is 12.3 Å². The minimum atomic E-state index is -1.40. The number of pyridine rings is 1. The van der Waals surface area contributed by atoms with Gasteiger partial charge in [0.2, 0.25) is 5.88 Å². The molecule has 8 heteroatoms. The quantitative estimate of drug-likeness (QED) is 0.413. The maximum Gasteiger partial charge on any atom is 0.342 e. The van der Waals surface area contributed by atoms with Crippen molar-refractivity contribution < 1.29 is 24.7 Å². The van der Waals surface area contributed by atoms with E-state index in [1.54, 1.807) is 0 Å². The molecular weight excluding hydrogens is 256 g/mol. The van der Waals surface area contributed by atoms with Crippen LogP contribution in [-0.4, -0.2) is 39.3 Å². The van der Waals surface area contributed by atoms with Crippen LogP contribution in [0.3, 0.4) is 0 Å². The van der Waals surface area contributed by atoms with E-state index in [2.05, 4.69) is 4.98 Å². The molecule has 0 radical (unpaired) electrons. The van der Waals surface area contributed by atoms with Gasteiger partial charge in [-0.25, -0.2) is 9.78 Å². The zero-order chi connectivity index (χ0) is 14.3. The van der Waals surface area contributed by atoms with Gasteiger partial charge in [0.05, 0.1) is 11.5 Å². The molecule has 0 fully saturated rings. The Morgan fingerprint density at radius 3 is 2.74 bits per heavy atom. The molecule has 0 saturated heterocycles. The zero-order valence-corrected chi connectivity index (χ0v) is 10.1. The fraction of sp³-hybridized carbons (Fsp3) is 0.455. The highest BCUT2D eigenvalue weighted by atomic mass is 16.6. The molecule has 2 N–H and O–H groups in total. The van der Waals surface area contributed by atoms with Gasteiger partial charge in [-0.3, -0.25) is 10.1 Å². The van der Waals surface area contributed by atoms with Gasteiger partial charge in [-0.05, 0) is 19.3 Å². The highest BCUT2D eigenvalue weighted by Gasteiger charge is 2.21. The predicted octanol–water partition coefficient (Wildman–Crippen LogP) is 1.23. The number of nitrogens with zero attached hydrogens (tertiary/aromatic N) is 2. The zero-order valence-electron chi connectivity index (χ0n) is 10.1. The molecule has 0 aromatic carbocycles. The maximum atomic E-state index is 10.9. The van der Waals surface area contributed by atoms with Gasteiger partial charge in [0.25, 0.3) is 0 Å². The van der Waals surface area contributed by atoms with Crippen LogP contribution in [-0.2, 0) is 0 Å². The van der Waals surface area contributed by atoms with Gasteiger partial charge >= 0.3 is 11.7 Å². The number of carboxylic acid groups (broad SMARTS) is 1. The van der Waals surface area contributed by atoms with Crippen molar-refractivity contribution in [3.8, 4) is 5.88 Å². The lowest BCUT2D eigenvalue weighted by Gasteiger charge is -2.05. The normalized spacial score (nSPS) is 10.2. The molecule has 0 unspecified atom stereocenters. The lowest BCUT2D eigenvalue weighted by Crippen LogP contribution is -2.06. The van der Waals surface area contributed by atoms with Crippen molar-refractivity contribution in [2.24, 2.45) is 0 Å². The van der Waals surface area contributed by atoms with Crippen LogP contribution in [0.1, 0.15) is 29.6 Å². The Labute approximate surface area is 108 Å². The second-order valence-electron chi connectivity index (χ2n) is 3.73. The highest BCUT2D eigenvalue weighted by molar-refractivity contribution is 5.92. The summed E-state index contributed by atoms with van der Waals surface area (Å²) in [5.41, 5.74) is -1.02. The van der Waals surface area contributed by atoms with Crippen LogP contribution < -0.4 is 4.74 Å². The molecule has 0 aliphatic rings. The molecule has 0 amide bonds. The molecule has 0 bridgehead atoms. The number of hydrogen-bond acceptors (Lipinski definition) is 6. The minimum Gasteiger partial charge on any atom is -0.478 e. The largest absolute Gasteiger partial charge is 0.478 e. The summed E-state index contributed by atoms with van der Waals surface area (Å²) >= 11 is 0. The molecule has 1 rings (SSSR count). The second kappa shape index (κ2) is 7.27.